The standard InChI is InChI=1S/C17H24F3N3O2.HI/c18-17(19,20)25-15-10-6-5-9-14(15)23-16(21)22-11-12-24-13-7-3-1-2-4-8-13;/h5-6,9-10,13H,1-4,7-8,11-12H2,(H3,21,22,23);1H. The number of guanidine groups is 1. The van der Waals surface area contributed by atoms with Gasteiger partial charge in [0.15, 0.2) is 11.7 Å². The molecule has 148 valence electrons. The molecule has 0 spiro atoms. The molecule has 1 aliphatic rings. The lowest BCUT2D eigenvalue weighted by atomic mass is 10.1. The predicted octanol–water partition coefficient (Wildman–Crippen LogP) is 4.67. The minimum Gasteiger partial charge on any atom is -0.404 e. The topological polar surface area (TPSA) is 68.9 Å². The van der Waals surface area contributed by atoms with Crippen molar-refractivity contribution in [1.82, 2.24) is 0 Å². The van der Waals surface area contributed by atoms with Gasteiger partial charge in [-0.1, -0.05) is 37.8 Å². The van der Waals surface area contributed by atoms with E-state index in [1.54, 1.807) is 6.07 Å². The van der Waals surface area contributed by atoms with Gasteiger partial charge in [-0.15, -0.1) is 37.1 Å². The maximum absolute atomic E-state index is 12.4. The minimum atomic E-state index is -4.77. The van der Waals surface area contributed by atoms with Crippen molar-refractivity contribution in [2.75, 3.05) is 18.5 Å². The number of hydrogen-bond donors (Lipinski definition) is 2. The molecule has 0 amide bonds. The Morgan fingerprint density at radius 1 is 1.15 bits per heavy atom. The SMILES string of the molecule is I.NC(=NCCOC1CCCCCC1)Nc1ccccc1OC(F)(F)F. The van der Waals surface area contributed by atoms with Crippen LogP contribution < -0.4 is 15.8 Å². The molecule has 1 aromatic carbocycles. The Morgan fingerprint density at radius 3 is 2.46 bits per heavy atom. The number of nitrogens with zero attached hydrogens (tertiary/aromatic N) is 1. The van der Waals surface area contributed by atoms with E-state index in [1.807, 2.05) is 0 Å². The molecular formula is C17H25F3IN3O2. The van der Waals surface area contributed by atoms with Crippen molar-refractivity contribution in [3.63, 3.8) is 0 Å². The summed E-state index contributed by atoms with van der Waals surface area (Å²) in [7, 11) is 0. The lowest BCUT2D eigenvalue weighted by molar-refractivity contribution is -0.274. The van der Waals surface area contributed by atoms with Crippen LogP contribution in [-0.4, -0.2) is 31.6 Å². The average Bonchev–Trinajstić information content (AvgIpc) is 2.81. The fraction of sp³-hybridized carbons (Fsp3) is 0.588. The molecule has 0 saturated heterocycles. The van der Waals surface area contributed by atoms with Gasteiger partial charge >= 0.3 is 6.36 Å². The van der Waals surface area contributed by atoms with Crippen molar-refractivity contribution < 1.29 is 22.6 Å². The van der Waals surface area contributed by atoms with Gasteiger partial charge in [0.05, 0.1) is 24.9 Å². The van der Waals surface area contributed by atoms with Crippen LogP contribution in [0.15, 0.2) is 29.3 Å². The summed E-state index contributed by atoms with van der Waals surface area (Å²) < 4.78 is 46.9. The van der Waals surface area contributed by atoms with E-state index in [1.165, 1.54) is 43.9 Å². The van der Waals surface area contributed by atoms with Crippen molar-refractivity contribution >= 4 is 35.6 Å². The van der Waals surface area contributed by atoms with E-state index < -0.39 is 6.36 Å². The summed E-state index contributed by atoms with van der Waals surface area (Å²) in [6.45, 7) is 0.783. The van der Waals surface area contributed by atoms with E-state index in [4.69, 9.17) is 10.5 Å². The van der Waals surface area contributed by atoms with Crippen LogP contribution in [0.4, 0.5) is 18.9 Å². The lowest BCUT2D eigenvalue weighted by Crippen LogP contribution is -2.25. The molecule has 0 aliphatic heterocycles. The quantitative estimate of drug-likeness (QED) is 0.201. The Balaban J connectivity index is 0.00000338. The number of ether oxygens (including phenoxy) is 2. The third kappa shape index (κ3) is 8.93. The van der Waals surface area contributed by atoms with Crippen molar-refractivity contribution in [2.24, 2.45) is 10.7 Å². The zero-order chi connectivity index (χ0) is 18.1. The second kappa shape index (κ2) is 11.5. The predicted molar refractivity (Wildman–Crippen MR) is 106 cm³/mol. The maximum Gasteiger partial charge on any atom is 0.573 e. The van der Waals surface area contributed by atoms with Crippen molar-refractivity contribution in [1.29, 1.82) is 0 Å². The molecule has 1 aliphatic carbocycles. The summed E-state index contributed by atoms with van der Waals surface area (Å²) in [4.78, 5) is 4.09. The molecule has 0 aromatic heterocycles. The van der Waals surface area contributed by atoms with Gasteiger partial charge < -0.3 is 20.5 Å². The van der Waals surface area contributed by atoms with E-state index in [0.717, 1.165) is 12.8 Å². The number of aliphatic imine (C=N–C) groups is 1. The van der Waals surface area contributed by atoms with E-state index in [2.05, 4.69) is 15.0 Å². The maximum atomic E-state index is 12.4. The highest BCUT2D eigenvalue weighted by atomic mass is 127. The second-order valence-corrected chi connectivity index (χ2v) is 5.92. The molecule has 3 N–H and O–H groups in total. The Labute approximate surface area is 168 Å². The molecule has 0 radical (unpaired) electrons. The van der Waals surface area contributed by atoms with Crippen LogP contribution in [0.5, 0.6) is 5.75 Å². The molecule has 2 rings (SSSR count). The first-order valence-electron chi connectivity index (χ1n) is 8.47. The molecule has 1 fully saturated rings. The monoisotopic (exact) mass is 487 g/mol. The molecule has 5 nitrogen and oxygen atoms in total. The van der Waals surface area contributed by atoms with Crippen LogP contribution >= 0.6 is 24.0 Å². The average molecular weight is 487 g/mol. The second-order valence-electron chi connectivity index (χ2n) is 5.92. The summed E-state index contributed by atoms with van der Waals surface area (Å²) in [5, 5.41) is 2.63. The number of benzene rings is 1. The van der Waals surface area contributed by atoms with Crippen molar-refractivity contribution in [3.8, 4) is 5.75 Å². The summed E-state index contributed by atoms with van der Waals surface area (Å²) in [6, 6.07) is 5.66. The normalized spacial score (nSPS) is 16.5. The van der Waals surface area contributed by atoms with Crippen LogP contribution in [0.3, 0.4) is 0 Å². The Bertz CT molecular complexity index is 562. The summed E-state index contributed by atoms with van der Waals surface area (Å²) in [5.41, 5.74) is 5.83. The first kappa shape index (κ1) is 22.8. The third-order valence-corrected chi connectivity index (χ3v) is 3.90. The van der Waals surface area contributed by atoms with Crippen LogP contribution in [0.2, 0.25) is 0 Å². The number of nitrogens with two attached hydrogens (primary N) is 1. The number of rotatable bonds is 6. The van der Waals surface area contributed by atoms with Crippen molar-refractivity contribution in [2.45, 2.75) is 51.0 Å². The molecule has 1 aromatic rings. The molecule has 1 saturated carbocycles. The largest absolute Gasteiger partial charge is 0.573 e. The third-order valence-electron chi connectivity index (χ3n) is 3.90. The highest BCUT2D eigenvalue weighted by molar-refractivity contribution is 14.0. The molecule has 26 heavy (non-hydrogen) atoms. The molecule has 9 heteroatoms. The van der Waals surface area contributed by atoms with Crippen LogP contribution in [-0.2, 0) is 4.74 Å². The zero-order valence-electron chi connectivity index (χ0n) is 14.4. The van der Waals surface area contributed by atoms with E-state index in [-0.39, 0.29) is 47.5 Å². The van der Waals surface area contributed by atoms with Crippen molar-refractivity contribution in [3.05, 3.63) is 24.3 Å². The Morgan fingerprint density at radius 2 is 1.81 bits per heavy atom. The van der Waals surface area contributed by atoms with Gasteiger partial charge in [-0.2, -0.15) is 0 Å². The van der Waals surface area contributed by atoms with Gasteiger partial charge in [-0.3, -0.25) is 4.99 Å². The number of hydrogen-bond acceptors (Lipinski definition) is 3. The first-order chi connectivity index (χ1) is 11.9. The number of anilines is 1. The molecule has 0 bridgehead atoms. The first-order valence-corrected chi connectivity index (χ1v) is 8.47. The molecular weight excluding hydrogens is 462 g/mol. The lowest BCUT2D eigenvalue weighted by Gasteiger charge is -2.15. The van der Waals surface area contributed by atoms with Gasteiger partial charge in [0.2, 0.25) is 0 Å². The number of nitrogens with one attached hydrogen (secondary N) is 1. The zero-order valence-corrected chi connectivity index (χ0v) is 16.8. The van der Waals surface area contributed by atoms with Gasteiger partial charge in [0.25, 0.3) is 0 Å². The minimum absolute atomic E-state index is 0. The smallest absolute Gasteiger partial charge is 0.404 e. The highest BCUT2D eigenvalue weighted by Gasteiger charge is 2.32. The fourth-order valence-corrected chi connectivity index (χ4v) is 2.76. The van der Waals surface area contributed by atoms with E-state index in [9.17, 15) is 13.2 Å². The Hall–Kier alpha value is -1.23. The molecule has 0 heterocycles. The van der Waals surface area contributed by atoms with Gasteiger partial charge in [-0.25, -0.2) is 0 Å². The van der Waals surface area contributed by atoms with Gasteiger partial charge in [0, 0.05) is 0 Å². The van der Waals surface area contributed by atoms with Crippen LogP contribution in [0, 0.1) is 0 Å². The number of alkyl halides is 3. The molecule has 0 atom stereocenters. The summed E-state index contributed by atoms with van der Waals surface area (Å²) >= 11 is 0. The Kier molecular flexibility index (Phi) is 10.1. The highest BCUT2D eigenvalue weighted by Crippen LogP contribution is 2.29. The summed E-state index contributed by atoms with van der Waals surface area (Å²) in [5.74, 6) is -0.342. The number of para-hydroxylation sites is 2. The van der Waals surface area contributed by atoms with Gasteiger partial charge in [-0.05, 0) is 25.0 Å². The molecule has 0 unspecified atom stereocenters. The van der Waals surface area contributed by atoms with Crippen LogP contribution in [0.1, 0.15) is 38.5 Å². The fourth-order valence-electron chi connectivity index (χ4n) is 2.76. The summed E-state index contributed by atoms with van der Waals surface area (Å²) in [6.07, 6.45) is 2.53. The van der Waals surface area contributed by atoms with Gasteiger partial charge in [0.1, 0.15) is 0 Å². The van der Waals surface area contributed by atoms with E-state index in [0.29, 0.717) is 13.2 Å². The van der Waals surface area contributed by atoms with Crippen LogP contribution in [0.25, 0.3) is 0 Å². The number of halogens is 4. The van der Waals surface area contributed by atoms with E-state index >= 15 is 0 Å².